The highest BCUT2D eigenvalue weighted by molar-refractivity contribution is 6.11. The van der Waals surface area contributed by atoms with Crippen LogP contribution < -0.4 is 21.8 Å². The Kier molecular flexibility index (Phi) is 5.60. The molecule has 0 unspecified atom stereocenters. The quantitative estimate of drug-likeness (QED) is 0.243. The average Bonchev–Trinajstić information content (AvgIpc) is 3.23. The molecule has 1 saturated carbocycles. The van der Waals surface area contributed by atoms with Crippen molar-refractivity contribution >= 4 is 22.5 Å². The van der Waals surface area contributed by atoms with Crippen LogP contribution >= 0.6 is 0 Å². The maximum absolute atomic E-state index is 16.2. The summed E-state index contributed by atoms with van der Waals surface area (Å²) in [4.78, 5) is 25.9. The van der Waals surface area contributed by atoms with Crippen molar-refractivity contribution in [3.8, 4) is 22.6 Å². The minimum absolute atomic E-state index is 0.0150. The Morgan fingerprint density at radius 1 is 1.11 bits per heavy atom. The van der Waals surface area contributed by atoms with Crippen LogP contribution in [-0.4, -0.2) is 39.2 Å². The Morgan fingerprint density at radius 3 is 2.39 bits per heavy atom. The molecule has 184 valence electrons. The second kappa shape index (κ2) is 8.65. The fourth-order valence-electron chi connectivity index (χ4n) is 4.83. The Labute approximate surface area is 204 Å². The molecule has 9 nitrogen and oxygen atoms in total. The second-order valence-electron chi connectivity index (χ2n) is 8.79. The van der Waals surface area contributed by atoms with E-state index in [0.717, 1.165) is 0 Å². The zero-order valence-corrected chi connectivity index (χ0v) is 19.4. The number of carbonyl (C=O) groups excluding carboxylic acids is 1. The largest absolute Gasteiger partial charge is 0.495 e. The first-order valence-electron chi connectivity index (χ1n) is 11.3. The number of amidine groups is 1. The molecule has 1 fully saturated rings. The lowest BCUT2D eigenvalue weighted by molar-refractivity contribution is 0.0471. The number of ether oxygens (including phenoxy) is 1. The van der Waals surface area contributed by atoms with Gasteiger partial charge in [0.05, 0.1) is 30.4 Å². The lowest BCUT2D eigenvalue weighted by Gasteiger charge is -2.33. The highest BCUT2D eigenvalue weighted by Crippen LogP contribution is 2.40. The Morgan fingerprint density at radius 2 is 1.81 bits per heavy atom. The number of nitrogen functional groups attached to an aromatic ring is 1. The first-order valence-corrected chi connectivity index (χ1v) is 11.3. The summed E-state index contributed by atoms with van der Waals surface area (Å²) in [7, 11) is 1.43. The van der Waals surface area contributed by atoms with Gasteiger partial charge in [0.15, 0.2) is 0 Å². The summed E-state index contributed by atoms with van der Waals surface area (Å²) in [5, 5.41) is 17.9. The number of nitrogens with two attached hydrogens (primary N) is 2. The number of aliphatic hydroxyl groups excluding tert-OH is 1. The molecule has 0 saturated heterocycles. The van der Waals surface area contributed by atoms with Crippen LogP contribution in [0.4, 0.5) is 4.39 Å². The molecule has 0 bridgehead atoms. The highest BCUT2D eigenvalue weighted by atomic mass is 19.1. The van der Waals surface area contributed by atoms with E-state index < -0.39 is 29.2 Å². The van der Waals surface area contributed by atoms with Crippen LogP contribution in [0.2, 0.25) is 0 Å². The van der Waals surface area contributed by atoms with Gasteiger partial charge in [-0.25, -0.2) is 4.39 Å². The topological polar surface area (TPSA) is 149 Å². The third-order valence-electron chi connectivity index (χ3n) is 6.65. The van der Waals surface area contributed by atoms with Gasteiger partial charge in [-0.2, -0.15) is 0 Å². The number of fused-ring (bicyclic) bond motifs is 1. The van der Waals surface area contributed by atoms with Gasteiger partial charge < -0.3 is 25.9 Å². The van der Waals surface area contributed by atoms with Gasteiger partial charge in [0, 0.05) is 34.4 Å². The molecular weight excluding hydrogens is 465 g/mol. The monoisotopic (exact) mass is 489 g/mol. The molecule has 0 spiro atoms. The number of carbonyl (C=O) groups is 1. The Balaban J connectivity index is 1.81. The molecular formula is C26H24FN5O4. The third kappa shape index (κ3) is 3.54. The van der Waals surface area contributed by atoms with Crippen molar-refractivity contribution in [2.24, 2.45) is 11.5 Å². The molecule has 36 heavy (non-hydrogen) atoms. The first-order chi connectivity index (χ1) is 17.2. The number of hydrogen-bond donors (Lipinski definition) is 4. The number of nitrogens with zero attached hydrogens (tertiary/aromatic N) is 2. The van der Waals surface area contributed by atoms with E-state index in [2.05, 4.69) is 0 Å². The summed E-state index contributed by atoms with van der Waals surface area (Å²) in [6.45, 7) is 0. The lowest BCUT2D eigenvalue weighted by Crippen LogP contribution is -2.33. The van der Waals surface area contributed by atoms with E-state index in [1.807, 2.05) is 0 Å². The number of nitrogens with one attached hydrogen (secondary N) is 1. The molecule has 1 aliphatic rings. The maximum atomic E-state index is 16.2. The first kappa shape index (κ1) is 23.3. The number of methoxy groups -OCH3 is 1. The number of pyridine rings is 1. The van der Waals surface area contributed by atoms with E-state index >= 15 is 4.39 Å². The smallest absolute Gasteiger partial charge is 0.266 e. The van der Waals surface area contributed by atoms with Crippen molar-refractivity contribution in [1.82, 2.24) is 9.13 Å². The zero-order valence-electron chi connectivity index (χ0n) is 19.4. The predicted molar refractivity (Wildman–Crippen MR) is 133 cm³/mol. The zero-order chi connectivity index (χ0) is 25.7. The number of halogens is 1. The number of rotatable bonds is 6. The van der Waals surface area contributed by atoms with Gasteiger partial charge in [0.25, 0.3) is 11.5 Å². The van der Waals surface area contributed by atoms with Crippen LogP contribution in [0.25, 0.3) is 27.6 Å². The number of amides is 1. The van der Waals surface area contributed by atoms with Gasteiger partial charge in [0.1, 0.15) is 23.1 Å². The van der Waals surface area contributed by atoms with Gasteiger partial charge in [-0.05, 0) is 31.0 Å². The van der Waals surface area contributed by atoms with Crippen molar-refractivity contribution in [3.05, 3.63) is 82.3 Å². The van der Waals surface area contributed by atoms with E-state index in [1.165, 1.54) is 30.1 Å². The molecule has 6 N–H and O–H groups in total. The summed E-state index contributed by atoms with van der Waals surface area (Å²) in [6, 6.07) is 11.5. The van der Waals surface area contributed by atoms with E-state index in [-0.39, 0.29) is 39.2 Å². The minimum Gasteiger partial charge on any atom is -0.495 e. The second-order valence-corrected chi connectivity index (χ2v) is 8.79. The molecule has 2 aromatic heterocycles. The molecule has 2 heterocycles. The van der Waals surface area contributed by atoms with Crippen LogP contribution in [-0.2, 0) is 0 Å². The normalized spacial score (nSPS) is 17.1. The van der Waals surface area contributed by atoms with Crippen LogP contribution in [0.3, 0.4) is 0 Å². The van der Waals surface area contributed by atoms with E-state index in [4.69, 9.17) is 21.6 Å². The summed E-state index contributed by atoms with van der Waals surface area (Å²) >= 11 is 0. The highest BCUT2D eigenvalue weighted by Gasteiger charge is 2.34. The molecule has 0 atom stereocenters. The average molecular weight is 490 g/mol. The standard InChI is InChI=1S/C26H24FN5O4/c1-36-19-12-32(13-5-3-2-4-6-13)26(35)20-17(19)8-7-16(22(20)27)18-11-31(14-9-15(33)10-14)23(25(30)34)21(18)24(28)29/h2-8,11-12,14-15,33H,9-10H2,1H3,(H3,28,29)(H2,30,34). The third-order valence-corrected chi connectivity index (χ3v) is 6.65. The number of aromatic nitrogens is 2. The summed E-state index contributed by atoms with van der Waals surface area (Å²) in [5.74, 6) is -1.85. The minimum atomic E-state index is -0.842. The van der Waals surface area contributed by atoms with E-state index in [1.54, 1.807) is 41.0 Å². The number of hydrogen-bond acceptors (Lipinski definition) is 5. The van der Waals surface area contributed by atoms with Crippen molar-refractivity contribution < 1.29 is 19.0 Å². The van der Waals surface area contributed by atoms with Gasteiger partial charge >= 0.3 is 0 Å². The Bertz CT molecular complexity index is 1590. The van der Waals surface area contributed by atoms with Crippen LogP contribution in [0.1, 0.15) is 34.9 Å². The number of benzene rings is 2. The van der Waals surface area contributed by atoms with Gasteiger partial charge in [0.2, 0.25) is 0 Å². The fourth-order valence-corrected chi connectivity index (χ4v) is 4.83. The number of para-hydroxylation sites is 1. The molecule has 0 radical (unpaired) electrons. The lowest BCUT2D eigenvalue weighted by atomic mass is 9.89. The maximum Gasteiger partial charge on any atom is 0.266 e. The molecule has 0 aliphatic heterocycles. The van der Waals surface area contributed by atoms with Crippen molar-refractivity contribution in [1.29, 1.82) is 5.41 Å². The van der Waals surface area contributed by atoms with Crippen LogP contribution in [0.5, 0.6) is 5.75 Å². The molecule has 2 aromatic carbocycles. The summed E-state index contributed by atoms with van der Waals surface area (Å²) in [6.07, 6.45) is 3.25. The predicted octanol–water partition coefficient (Wildman–Crippen LogP) is 2.69. The Hall–Kier alpha value is -4.44. The molecule has 1 aliphatic carbocycles. The molecule has 5 rings (SSSR count). The van der Waals surface area contributed by atoms with E-state index in [0.29, 0.717) is 24.3 Å². The van der Waals surface area contributed by atoms with Crippen molar-refractivity contribution in [3.63, 3.8) is 0 Å². The van der Waals surface area contributed by atoms with Crippen molar-refractivity contribution in [2.45, 2.75) is 25.0 Å². The van der Waals surface area contributed by atoms with Crippen LogP contribution in [0.15, 0.2) is 59.7 Å². The fraction of sp³-hybridized carbons (Fsp3) is 0.192. The number of primary amides is 1. The van der Waals surface area contributed by atoms with Crippen LogP contribution in [0, 0.1) is 11.2 Å². The van der Waals surface area contributed by atoms with Crippen molar-refractivity contribution in [2.75, 3.05) is 7.11 Å². The van der Waals surface area contributed by atoms with Gasteiger partial charge in [-0.1, -0.05) is 24.3 Å². The van der Waals surface area contributed by atoms with Gasteiger partial charge in [-0.3, -0.25) is 19.6 Å². The SMILES string of the molecule is COc1cn(-c2ccccc2)c(=O)c2c(F)c(-c3cn(C4CC(O)C4)c(C(N)=O)c3C(=N)N)ccc12. The van der Waals surface area contributed by atoms with E-state index in [9.17, 15) is 14.7 Å². The van der Waals surface area contributed by atoms with Gasteiger partial charge in [-0.15, -0.1) is 0 Å². The molecule has 1 amide bonds. The molecule has 4 aromatic rings. The number of aliphatic hydroxyl groups is 1. The summed E-state index contributed by atoms with van der Waals surface area (Å²) in [5.41, 5.74) is 11.5. The molecule has 10 heteroatoms. The summed E-state index contributed by atoms with van der Waals surface area (Å²) < 4.78 is 24.5.